The molecule has 0 bridgehead atoms. The summed E-state index contributed by atoms with van der Waals surface area (Å²) < 4.78 is 5.53. The zero-order valence-electron chi connectivity index (χ0n) is 13.0. The van der Waals surface area contributed by atoms with Gasteiger partial charge in [0.25, 0.3) is 0 Å². The first-order valence-corrected chi connectivity index (χ1v) is 7.40. The summed E-state index contributed by atoms with van der Waals surface area (Å²) in [5.74, 6) is -0.0710. The highest BCUT2D eigenvalue weighted by Crippen LogP contribution is 2.27. The van der Waals surface area contributed by atoms with E-state index in [2.05, 4.69) is 30.0 Å². The number of benzene rings is 1. The van der Waals surface area contributed by atoms with Crippen LogP contribution in [-0.4, -0.2) is 24.7 Å². The van der Waals surface area contributed by atoms with Crippen molar-refractivity contribution in [2.75, 3.05) is 18.0 Å². The minimum absolute atomic E-state index is 0.0115. The molecule has 0 N–H and O–H groups in total. The Kier molecular flexibility index (Phi) is 4.36. The summed E-state index contributed by atoms with van der Waals surface area (Å²) in [6, 6.07) is 8.35. The van der Waals surface area contributed by atoms with Crippen molar-refractivity contribution < 1.29 is 9.53 Å². The van der Waals surface area contributed by atoms with Gasteiger partial charge in [-0.25, -0.2) is 0 Å². The van der Waals surface area contributed by atoms with Crippen LogP contribution >= 0.6 is 0 Å². The quantitative estimate of drug-likeness (QED) is 0.773. The van der Waals surface area contributed by atoms with Gasteiger partial charge in [0.15, 0.2) is 0 Å². The molecule has 1 saturated heterocycles. The zero-order chi connectivity index (χ0) is 14.8. The Balaban J connectivity index is 2.06. The Labute approximate surface area is 121 Å². The zero-order valence-corrected chi connectivity index (χ0v) is 13.0. The molecule has 3 heteroatoms. The molecule has 0 aliphatic carbocycles. The minimum atomic E-state index is -0.401. The SMILES string of the molecule is Cc1ccccc1N1CCCC(C(=O)OC(C)(C)C)C1. The van der Waals surface area contributed by atoms with Crippen molar-refractivity contribution in [3.8, 4) is 0 Å². The highest BCUT2D eigenvalue weighted by molar-refractivity contribution is 5.74. The number of hydrogen-bond acceptors (Lipinski definition) is 3. The Morgan fingerprint density at radius 3 is 2.65 bits per heavy atom. The molecule has 0 amide bonds. The summed E-state index contributed by atoms with van der Waals surface area (Å²) in [4.78, 5) is 14.5. The molecule has 0 aromatic heterocycles. The number of nitrogens with zero attached hydrogens (tertiary/aromatic N) is 1. The van der Waals surface area contributed by atoms with Crippen LogP contribution in [0.25, 0.3) is 0 Å². The number of para-hydroxylation sites is 1. The van der Waals surface area contributed by atoms with Crippen molar-refractivity contribution in [3.63, 3.8) is 0 Å². The number of ether oxygens (including phenoxy) is 1. The maximum Gasteiger partial charge on any atom is 0.311 e. The van der Waals surface area contributed by atoms with Gasteiger partial charge in [0.1, 0.15) is 5.60 Å². The van der Waals surface area contributed by atoms with E-state index in [4.69, 9.17) is 4.74 Å². The summed E-state index contributed by atoms with van der Waals surface area (Å²) in [5.41, 5.74) is 2.10. The molecule has 1 unspecified atom stereocenters. The largest absolute Gasteiger partial charge is 0.460 e. The Hall–Kier alpha value is -1.51. The van der Waals surface area contributed by atoms with Crippen LogP contribution in [0.2, 0.25) is 0 Å². The van der Waals surface area contributed by atoms with Crippen LogP contribution < -0.4 is 4.90 Å². The number of piperidine rings is 1. The number of rotatable bonds is 2. The number of esters is 1. The third-order valence-electron chi connectivity index (χ3n) is 3.62. The van der Waals surface area contributed by atoms with Crippen LogP contribution in [0.3, 0.4) is 0 Å². The van der Waals surface area contributed by atoms with Crippen LogP contribution in [0.5, 0.6) is 0 Å². The maximum atomic E-state index is 12.2. The fourth-order valence-electron chi connectivity index (χ4n) is 2.69. The predicted molar refractivity (Wildman–Crippen MR) is 82.0 cm³/mol. The first kappa shape index (κ1) is 14.9. The van der Waals surface area contributed by atoms with Gasteiger partial charge in [0.05, 0.1) is 5.92 Å². The fourth-order valence-corrected chi connectivity index (χ4v) is 2.69. The first-order valence-electron chi connectivity index (χ1n) is 7.40. The molecule has 0 radical (unpaired) electrons. The van der Waals surface area contributed by atoms with Gasteiger partial charge in [-0.3, -0.25) is 4.79 Å². The van der Waals surface area contributed by atoms with Crippen molar-refractivity contribution in [1.29, 1.82) is 0 Å². The molecule has 1 aliphatic rings. The summed E-state index contributed by atoms with van der Waals surface area (Å²) in [5, 5.41) is 0. The van der Waals surface area contributed by atoms with Crippen molar-refractivity contribution in [1.82, 2.24) is 0 Å². The van der Waals surface area contributed by atoms with E-state index in [0.717, 1.165) is 25.9 Å². The normalized spacial score (nSPS) is 19.8. The van der Waals surface area contributed by atoms with Gasteiger partial charge in [-0.2, -0.15) is 0 Å². The predicted octanol–water partition coefficient (Wildman–Crippen LogP) is 3.55. The van der Waals surface area contributed by atoms with Crippen LogP contribution in [-0.2, 0) is 9.53 Å². The summed E-state index contributed by atoms with van der Waals surface area (Å²) in [6.45, 7) is 9.67. The van der Waals surface area contributed by atoms with Crippen molar-refractivity contribution >= 4 is 11.7 Å². The van der Waals surface area contributed by atoms with Crippen LogP contribution in [0, 0.1) is 12.8 Å². The van der Waals surface area contributed by atoms with Gasteiger partial charge in [0.2, 0.25) is 0 Å². The second kappa shape index (κ2) is 5.86. The third-order valence-corrected chi connectivity index (χ3v) is 3.62. The molecule has 1 atom stereocenters. The van der Waals surface area contributed by atoms with Gasteiger partial charge in [0, 0.05) is 18.8 Å². The molecular formula is C17H25NO2. The number of aryl methyl sites for hydroxylation is 1. The molecular weight excluding hydrogens is 250 g/mol. The van der Waals surface area contributed by atoms with E-state index in [9.17, 15) is 4.79 Å². The van der Waals surface area contributed by atoms with E-state index in [1.807, 2.05) is 26.8 Å². The Morgan fingerprint density at radius 2 is 2.00 bits per heavy atom. The molecule has 1 aromatic rings. The van der Waals surface area contributed by atoms with Crippen molar-refractivity contribution in [3.05, 3.63) is 29.8 Å². The lowest BCUT2D eigenvalue weighted by molar-refractivity contribution is -0.160. The molecule has 110 valence electrons. The van der Waals surface area contributed by atoms with Gasteiger partial charge in [-0.1, -0.05) is 18.2 Å². The topological polar surface area (TPSA) is 29.5 Å². The molecule has 0 spiro atoms. The van der Waals surface area contributed by atoms with Crippen molar-refractivity contribution in [2.45, 2.75) is 46.1 Å². The molecule has 1 aromatic carbocycles. The van der Waals surface area contributed by atoms with Gasteiger partial charge in [-0.15, -0.1) is 0 Å². The number of anilines is 1. The Bertz CT molecular complexity index is 476. The number of hydrogen-bond donors (Lipinski definition) is 0. The maximum absolute atomic E-state index is 12.2. The van der Waals surface area contributed by atoms with Gasteiger partial charge < -0.3 is 9.64 Å². The van der Waals surface area contributed by atoms with Crippen LogP contribution in [0.1, 0.15) is 39.2 Å². The average molecular weight is 275 g/mol. The minimum Gasteiger partial charge on any atom is -0.460 e. The molecule has 20 heavy (non-hydrogen) atoms. The smallest absolute Gasteiger partial charge is 0.311 e. The van der Waals surface area contributed by atoms with Crippen LogP contribution in [0.4, 0.5) is 5.69 Å². The lowest BCUT2D eigenvalue weighted by Crippen LogP contribution is -2.41. The van der Waals surface area contributed by atoms with E-state index in [-0.39, 0.29) is 11.9 Å². The lowest BCUT2D eigenvalue weighted by Gasteiger charge is -2.35. The van der Waals surface area contributed by atoms with E-state index in [1.165, 1.54) is 11.3 Å². The van der Waals surface area contributed by atoms with E-state index < -0.39 is 5.60 Å². The Morgan fingerprint density at radius 1 is 1.30 bits per heavy atom. The second-order valence-corrected chi connectivity index (χ2v) is 6.61. The first-order chi connectivity index (χ1) is 9.37. The third kappa shape index (κ3) is 3.75. The van der Waals surface area contributed by atoms with E-state index >= 15 is 0 Å². The van der Waals surface area contributed by atoms with Gasteiger partial charge in [-0.05, 0) is 52.2 Å². The highest BCUT2D eigenvalue weighted by atomic mass is 16.6. The monoisotopic (exact) mass is 275 g/mol. The molecule has 3 nitrogen and oxygen atoms in total. The van der Waals surface area contributed by atoms with E-state index in [0.29, 0.717) is 0 Å². The average Bonchev–Trinajstić information content (AvgIpc) is 2.37. The summed E-state index contributed by atoms with van der Waals surface area (Å²) >= 11 is 0. The lowest BCUT2D eigenvalue weighted by atomic mass is 9.96. The summed E-state index contributed by atoms with van der Waals surface area (Å²) in [6.07, 6.45) is 1.97. The molecule has 2 rings (SSSR count). The van der Waals surface area contributed by atoms with Gasteiger partial charge >= 0.3 is 5.97 Å². The molecule has 1 heterocycles. The van der Waals surface area contributed by atoms with Crippen LogP contribution in [0.15, 0.2) is 24.3 Å². The highest BCUT2D eigenvalue weighted by Gasteiger charge is 2.30. The number of carbonyl (C=O) groups excluding carboxylic acids is 1. The van der Waals surface area contributed by atoms with Crippen molar-refractivity contribution in [2.24, 2.45) is 5.92 Å². The standard InChI is InChI=1S/C17H25NO2/c1-13-8-5-6-10-15(13)18-11-7-9-14(12-18)16(19)20-17(2,3)4/h5-6,8,10,14H,7,9,11-12H2,1-4H3. The second-order valence-electron chi connectivity index (χ2n) is 6.61. The fraction of sp³-hybridized carbons (Fsp3) is 0.588. The summed E-state index contributed by atoms with van der Waals surface area (Å²) in [7, 11) is 0. The molecule has 0 saturated carbocycles. The number of carbonyl (C=O) groups is 1. The molecule has 1 fully saturated rings. The van der Waals surface area contributed by atoms with E-state index in [1.54, 1.807) is 0 Å². The molecule has 1 aliphatic heterocycles.